The predicted octanol–water partition coefficient (Wildman–Crippen LogP) is 0.973. The fourth-order valence-electron chi connectivity index (χ4n) is 1.10. The van der Waals surface area contributed by atoms with E-state index in [1.54, 1.807) is 17.9 Å². The van der Waals surface area contributed by atoms with E-state index in [1.165, 1.54) is 0 Å². The molecule has 14 heavy (non-hydrogen) atoms. The van der Waals surface area contributed by atoms with Crippen LogP contribution in [0.1, 0.15) is 19.4 Å². The van der Waals surface area contributed by atoms with Gasteiger partial charge in [-0.2, -0.15) is 0 Å². The lowest BCUT2D eigenvalue weighted by Crippen LogP contribution is -2.19. The van der Waals surface area contributed by atoms with Gasteiger partial charge in [0.25, 0.3) is 5.56 Å². The van der Waals surface area contributed by atoms with Crippen LogP contribution in [-0.2, 0) is 13.6 Å². The second kappa shape index (κ2) is 4.17. The maximum absolute atomic E-state index is 11.3. The van der Waals surface area contributed by atoms with Gasteiger partial charge in [0.1, 0.15) is 0 Å². The Morgan fingerprint density at radius 1 is 1.71 bits per heavy atom. The number of allylic oxidation sites excluding steroid dienone is 1. The zero-order valence-electron chi connectivity index (χ0n) is 8.92. The fraction of sp³-hybridized carbons (Fsp3) is 0.500. The van der Waals surface area contributed by atoms with Crippen LogP contribution in [0.3, 0.4) is 0 Å². The van der Waals surface area contributed by atoms with Crippen molar-refractivity contribution in [3.63, 3.8) is 0 Å². The van der Waals surface area contributed by atoms with Crippen LogP contribution >= 0.6 is 0 Å². The molecule has 0 aromatic carbocycles. The van der Waals surface area contributed by atoms with Crippen molar-refractivity contribution in [1.29, 1.82) is 0 Å². The molecule has 78 valence electrons. The number of hydrogen-bond donors (Lipinski definition) is 2. The van der Waals surface area contributed by atoms with Crippen molar-refractivity contribution in [2.45, 2.75) is 20.4 Å². The second-order valence-corrected chi connectivity index (χ2v) is 3.74. The van der Waals surface area contributed by atoms with Crippen molar-refractivity contribution in [3.05, 3.63) is 34.4 Å². The van der Waals surface area contributed by atoms with Crippen LogP contribution < -0.4 is 10.9 Å². The Bertz CT molecular complexity index is 373. The first-order valence-electron chi connectivity index (χ1n) is 4.68. The van der Waals surface area contributed by atoms with Crippen LogP contribution in [0.4, 0.5) is 0 Å². The van der Waals surface area contributed by atoms with E-state index in [4.69, 9.17) is 0 Å². The lowest BCUT2D eigenvalue weighted by atomic mass is 10.1. The summed E-state index contributed by atoms with van der Waals surface area (Å²) in [5.74, 6) is 0.387. The normalized spacial score (nSPS) is 10.6. The van der Waals surface area contributed by atoms with E-state index in [0.29, 0.717) is 12.5 Å². The van der Waals surface area contributed by atoms with E-state index in [-0.39, 0.29) is 5.56 Å². The van der Waals surface area contributed by atoms with Gasteiger partial charge in [0.2, 0.25) is 0 Å². The third-order valence-electron chi connectivity index (χ3n) is 2.12. The van der Waals surface area contributed by atoms with Crippen LogP contribution in [0.5, 0.6) is 0 Å². The fourth-order valence-corrected chi connectivity index (χ4v) is 1.10. The molecule has 0 aliphatic heterocycles. The van der Waals surface area contributed by atoms with Crippen LogP contribution in [0.15, 0.2) is 23.3 Å². The van der Waals surface area contributed by atoms with Gasteiger partial charge in [-0.25, -0.2) is 0 Å². The lowest BCUT2D eigenvalue weighted by Gasteiger charge is -2.10. The van der Waals surface area contributed by atoms with Crippen LogP contribution in [0, 0.1) is 5.92 Å². The molecular weight excluding hydrogens is 178 g/mol. The van der Waals surface area contributed by atoms with Gasteiger partial charge in [0.15, 0.2) is 0 Å². The standard InChI is InChI=1S/C10H17N3O/c1-7(2)8(3)11-5-9-6-13(4)12-10(9)14/h6-7,11H,3,5H2,1-2,4H3,(H,12,14). The van der Waals surface area contributed by atoms with Gasteiger partial charge in [0.05, 0.1) is 5.56 Å². The number of H-pyrrole nitrogens is 1. The first-order chi connectivity index (χ1) is 6.50. The minimum Gasteiger partial charge on any atom is -0.384 e. The van der Waals surface area contributed by atoms with Gasteiger partial charge in [-0.1, -0.05) is 20.4 Å². The Morgan fingerprint density at radius 3 is 2.79 bits per heavy atom. The predicted molar refractivity (Wildman–Crippen MR) is 56.9 cm³/mol. The molecule has 0 amide bonds. The molecule has 0 aliphatic rings. The number of aryl methyl sites for hydroxylation is 1. The number of aromatic nitrogens is 2. The van der Waals surface area contributed by atoms with Crippen molar-refractivity contribution >= 4 is 0 Å². The lowest BCUT2D eigenvalue weighted by molar-refractivity contribution is 0.654. The molecule has 0 fully saturated rings. The highest BCUT2D eigenvalue weighted by Gasteiger charge is 2.03. The summed E-state index contributed by atoms with van der Waals surface area (Å²) in [5.41, 5.74) is 1.64. The molecule has 4 heteroatoms. The van der Waals surface area contributed by atoms with Crippen molar-refractivity contribution in [2.75, 3.05) is 0 Å². The molecule has 0 radical (unpaired) electrons. The third kappa shape index (κ3) is 2.52. The number of aromatic amines is 1. The number of nitrogens with one attached hydrogen (secondary N) is 2. The zero-order chi connectivity index (χ0) is 10.7. The van der Waals surface area contributed by atoms with E-state index >= 15 is 0 Å². The molecule has 0 bridgehead atoms. The van der Waals surface area contributed by atoms with Crippen molar-refractivity contribution in [2.24, 2.45) is 13.0 Å². The van der Waals surface area contributed by atoms with Crippen LogP contribution in [-0.4, -0.2) is 9.78 Å². The number of nitrogens with zero attached hydrogens (tertiary/aromatic N) is 1. The molecule has 0 saturated heterocycles. The minimum atomic E-state index is -0.0449. The highest BCUT2D eigenvalue weighted by molar-refractivity contribution is 5.06. The summed E-state index contributed by atoms with van der Waals surface area (Å²) in [4.78, 5) is 11.3. The summed E-state index contributed by atoms with van der Waals surface area (Å²) in [6.07, 6.45) is 1.78. The van der Waals surface area contributed by atoms with Crippen molar-refractivity contribution in [1.82, 2.24) is 15.1 Å². The van der Waals surface area contributed by atoms with Gasteiger partial charge in [-0.3, -0.25) is 14.6 Å². The van der Waals surface area contributed by atoms with Crippen LogP contribution in [0.25, 0.3) is 0 Å². The summed E-state index contributed by atoms with van der Waals surface area (Å²) in [6.45, 7) is 8.53. The average molecular weight is 195 g/mol. The SMILES string of the molecule is C=C(NCc1cn(C)[nH]c1=O)C(C)C. The highest BCUT2D eigenvalue weighted by Crippen LogP contribution is 2.02. The Balaban J connectivity index is 2.58. The highest BCUT2D eigenvalue weighted by atomic mass is 16.1. The summed E-state index contributed by atoms with van der Waals surface area (Å²) in [7, 11) is 1.79. The van der Waals surface area contributed by atoms with E-state index in [2.05, 4.69) is 30.8 Å². The minimum absolute atomic E-state index is 0.0449. The molecule has 1 rings (SSSR count). The molecular formula is C10H17N3O. The number of rotatable bonds is 4. The molecule has 1 heterocycles. The zero-order valence-corrected chi connectivity index (χ0v) is 8.92. The Hall–Kier alpha value is -1.45. The second-order valence-electron chi connectivity index (χ2n) is 3.74. The smallest absolute Gasteiger partial charge is 0.269 e. The molecule has 0 saturated carbocycles. The molecule has 4 nitrogen and oxygen atoms in total. The van der Waals surface area contributed by atoms with E-state index < -0.39 is 0 Å². The van der Waals surface area contributed by atoms with Gasteiger partial charge < -0.3 is 5.32 Å². The van der Waals surface area contributed by atoms with Crippen molar-refractivity contribution in [3.8, 4) is 0 Å². The quantitative estimate of drug-likeness (QED) is 0.752. The largest absolute Gasteiger partial charge is 0.384 e. The Morgan fingerprint density at radius 2 is 2.36 bits per heavy atom. The first kappa shape index (κ1) is 10.6. The van der Waals surface area contributed by atoms with Gasteiger partial charge in [0, 0.05) is 25.5 Å². The third-order valence-corrected chi connectivity index (χ3v) is 2.12. The Kier molecular flexibility index (Phi) is 3.17. The van der Waals surface area contributed by atoms with E-state index in [1.807, 2.05) is 0 Å². The molecule has 0 spiro atoms. The maximum atomic E-state index is 11.3. The monoisotopic (exact) mass is 195 g/mol. The van der Waals surface area contributed by atoms with Gasteiger partial charge in [-0.15, -0.1) is 0 Å². The van der Waals surface area contributed by atoms with Crippen molar-refractivity contribution < 1.29 is 0 Å². The summed E-state index contributed by atoms with van der Waals surface area (Å²) in [5, 5.41) is 5.78. The molecule has 0 atom stereocenters. The average Bonchev–Trinajstić information content (AvgIpc) is 2.40. The topological polar surface area (TPSA) is 49.8 Å². The molecule has 0 aliphatic carbocycles. The summed E-state index contributed by atoms with van der Waals surface area (Å²) in [6, 6.07) is 0. The van der Waals surface area contributed by atoms with Crippen LogP contribution in [0.2, 0.25) is 0 Å². The number of hydrogen-bond acceptors (Lipinski definition) is 2. The Labute approximate surface area is 83.6 Å². The van der Waals surface area contributed by atoms with Gasteiger partial charge in [-0.05, 0) is 5.92 Å². The van der Waals surface area contributed by atoms with Gasteiger partial charge >= 0.3 is 0 Å². The summed E-state index contributed by atoms with van der Waals surface area (Å²) < 4.78 is 1.65. The molecule has 0 unspecified atom stereocenters. The van der Waals surface area contributed by atoms with E-state index in [9.17, 15) is 4.79 Å². The molecule has 1 aromatic heterocycles. The van der Waals surface area contributed by atoms with E-state index in [0.717, 1.165) is 11.3 Å². The maximum Gasteiger partial charge on any atom is 0.269 e. The summed E-state index contributed by atoms with van der Waals surface area (Å²) >= 11 is 0. The molecule has 2 N–H and O–H groups in total. The first-order valence-corrected chi connectivity index (χ1v) is 4.68. The molecule has 1 aromatic rings.